The number of carboxylic acids is 1. The van der Waals surface area contributed by atoms with Gasteiger partial charge in [0.05, 0.1) is 20.3 Å². The fourth-order valence-corrected chi connectivity index (χ4v) is 1.59. The van der Waals surface area contributed by atoms with Crippen LogP contribution in [0.5, 0.6) is 11.5 Å². The predicted molar refractivity (Wildman–Crippen MR) is 61.4 cm³/mol. The minimum atomic E-state index is -0.939. The summed E-state index contributed by atoms with van der Waals surface area (Å²) in [6, 6.07) is 5.13. The lowest BCUT2D eigenvalue weighted by Crippen LogP contribution is -2.05. The lowest BCUT2D eigenvalue weighted by molar-refractivity contribution is -0.137. The molecule has 0 fully saturated rings. The van der Waals surface area contributed by atoms with Crippen molar-refractivity contribution in [3.8, 4) is 11.5 Å². The first-order valence-electron chi connectivity index (χ1n) is 5.21. The highest BCUT2D eigenvalue weighted by atomic mass is 16.5. The number of benzene rings is 1. The monoisotopic (exact) mass is 240 g/mol. The number of hydrogen-bond donors (Lipinski definition) is 2. The van der Waals surface area contributed by atoms with Gasteiger partial charge in [0.15, 0.2) is 11.5 Å². The van der Waals surface area contributed by atoms with E-state index in [1.807, 2.05) is 0 Å². The van der Waals surface area contributed by atoms with Crippen LogP contribution in [0, 0.1) is 0 Å². The molecule has 5 heteroatoms. The van der Waals surface area contributed by atoms with Crippen molar-refractivity contribution in [2.45, 2.75) is 18.9 Å². The standard InChI is InChI=1S/C12H16O5/c1-16-10-5-3-4-8(12(10)17-2)9(13)6-7-11(14)15/h3-5,9,13H,6-7H2,1-2H3,(H,14,15). The van der Waals surface area contributed by atoms with Gasteiger partial charge in [0.25, 0.3) is 0 Å². The second-order valence-corrected chi connectivity index (χ2v) is 3.53. The van der Waals surface area contributed by atoms with E-state index in [-0.39, 0.29) is 12.8 Å². The Morgan fingerprint density at radius 2 is 2.06 bits per heavy atom. The largest absolute Gasteiger partial charge is 0.493 e. The van der Waals surface area contributed by atoms with Crippen molar-refractivity contribution >= 4 is 5.97 Å². The molecule has 0 aliphatic carbocycles. The molecule has 0 saturated carbocycles. The third kappa shape index (κ3) is 3.35. The Hall–Kier alpha value is -1.75. The second-order valence-electron chi connectivity index (χ2n) is 3.53. The maximum Gasteiger partial charge on any atom is 0.303 e. The Morgan fingerprint density at radius 3 is 2.59 bits per heavy atom. The van der Waals surface area contributed by atoms with Crippen molar-refractivity contribution in [2.75, 3.05) is 14.2 Å². The summed E-state index contributed by atoms with van der Waals surface area (Å²) in [5, 5.41) is 18.5. The molecule has 0 aliphatic heterocycles. The minimum absolute atomic E-state index is 0.0957. The molecule has 0 heterocycles. The molecule has 2 N–H and O–H groups in total. The summed E-state index contributed by atoms with van der Waals surface area (Å²) >= 11 is 0. The van der Waals surface area contributed by atoms with Crippen LogP contribution in [-0.4, -0.2) is 30.4 Å². The van der Waals surface area contributed by atoms with E-state index in [1.54, 1.807) is 18.2 Å². The Balaban J connectivity index is 2.92. The molecule has 1 atom stereocenters. The van der Waals surface area contributed by atoms with Crippen LogP contribution in [0.1, 0.15) is 24.5 Å². The van der Waals surface area contributed by atoms with Gasteiger partial charge in [-0.3, -0.25) is 4.79 Å². The molecule has 1 rings (SSSR count). The lowest BCUT2D eigenvalue weighted by atomic mass is 10.0. The Morgan fingerprint density at radius 1 is 1.35 bits per heavy atom. The van der Waals surface area contributed by atoms with Gasteiger partial charge in [-0.15, -0.1) is 0 Å². The highest BCUT2D eigenvalue weighted by molar-refractivity contribution is 5.66. The summed E-state index contributed by atoms with van der Waals surface area (Å²) in [5.41, 5.74) is 0.535. The lowest BCUT2D eigenvalue weighted by Gasteiger charge is -2.16. The number of hydrogen-bond acceptors (Lipinski definition) is 4. The summed E-state index contributed by atoms with van der Waals surface area (Å²) in [5.74, 6) is 0.0122. The molecule has 0 aliphatic rings. The smallest absolute Gasteiger partial charge is 0.303 e. The van der Waals surface area contributed by atoms with E-state index in [0.29, 0.717) is 17.1 Å². The first-order valence-corrected chi connectivity index (χ1v) is 5.21. The average Bonchev–Trinajstić information content (AvgIpc) is 2.34. The molecular weight excluding hydrogens is 224 g/mol. The topological polar surface area (TPSA) is 76.0 Å². The molecule has 5 nitrogen and oxygen atoms in total. The maximum atomic E-state index is 10.4. The number of carboxylic acid groups (broad SMARTS) is 1. The first-order chi connectivity index (χ1) is 8.10. The predicted octanol–water partition coefficient (Wildman–Crippen LogP) is 1.60. The van der Waals surface area contributed by atoms with E-state index in [1.165, 1.54) is 14.2 Å². The number of rotatable bonds is 6. The zero-order valence-corrected chi connectivity index (χ0v) is 9.84. The van der Waals surface area contributed by atoms with Crippen molar-refractivity contribution in [3.63, 3.8) is 0 Å². The normalized spacial score (nSPS) is 11.9. The first kappa shape index (κ1) is 13.3. The van der Waals surface area contributed by atoms with Gasteiger partial charge in [-0.1, -0.05) is 12.1 Å². The molecule has 0 amide bonds. The second kappa shape index (κ2) is 6.10. The van der Waals surface area contributed by atoms with Crippen molar-refractivity contribution in [3.05, 3.63) is 23.8 Å². The molecule has 0 saturated heterocycles. The number of para-hydroxylation sites is 1. The van der Waals surface area contributed by atoms with Crippen molar-refractivity contribution < 1.29 is 24.5 Å². The zero-order chi connectivity index (χ0) is 12.8. The van der Waals surface area contributed by atoms with Gasteiger partial charge in [-0.25, -0.2) is 0 Å². The number of ether oxygens (including phenoxy) is 2. The van der Waals surface area contributed by atoms with Crippen LogP contribution >= 0.6 is 0 Å². The van der Waals surface area contributed by atoms with Crippen molar-refractivity contribution in [2.24, 2.45) is 0 Å². The third-order valence-corrected chi connectivity index (χ3v) is 2.42. The highest BCUT2D eigenvalue weighted by Gasteiger charge is 2.17. The molecule has 0 spiro atoms. The number of aliphatic hydroxyl groups is 1. The Bertz CT molecular complexity index is 388. The molecule has 1 unspecified atom stereocenters. The fraction of sp³-hybridized carbons (Fsp3) is 0.417. The van der Waals surface area contributed by atoms with Gasteiger partial charge < -0.3 is 19.7 Å². The third-order valence-electron chi connectivity index (χ3n) is 2.42. The van der Waals surface area contributed by atoms with Gasteiger partial charge in [-0.2, -0.15) is 0 Å². The van der Waals surface area contributed by atoms with Crippen molar-refractivity contribution in [1.82, 2.24) is 0 Å². The van der Waals surface area contributed by atoms with Crippen LogP contribution < -0.4 is 9.47 Å². The zero-order valence-electron chi connectivity index (χ0n) is 9.84. The van der Waals surface area contributed by atoms with Crippen LogP contribution in [0.25, 0.3) is 0 Å². The van der Waals surface area contributed by atoms with E-state index < -0.39 is 12.1 Å². The highest BCUT2D eigenvalue weighted by Crippen LogP contribution is 2.35. The molecule has 0 aromatic heterocycles. The summed E-state index contributed by atoms with van der Waals surface area (Å²) in [6.07, 6.45) is -0.837. The van der Waals surface area contributed by atoms with E-state index in [4.69, 9.17) is 14.6 Å². The minimum Gasteiger partial charge on any atom is -0.493 e. The summed E-state index contributed by atoms with van der Waals surface area (Å²) in [7, 11) is 2.98. The van der Waals surface area contributed by atoms with Gasteiger partial charge >= 0.3 is 5.97 Å². The molecule has 0 radical (unpaired) electrons. The van der Waals surface area contributed by atoms with E-state index >= 15 is 0 Å². The SMILES string of the molecule is COc1cccc(C(O)CCC(=O)O)c1OC. The van der Waals surface area contributed by atoms with E-state index in [2.05, 4.69) is 0 Å². The fourth-order valence-electron chi connectivity index (χ4n) is 1.59. The molecule has 0 bridgehead atoms. The number of aliphatic hydroxyl groups excluding tert-OH is 1. The number of aliphatic carboxylic acids is 1. The van der Waals surface area contributed by atoms with Crippen LogP contribution in [0.4, 0.5) is 0 Å². The summed E-state index contributed by atoms with van der Waals surface area (Å²) in [4.78, 5) is 10.4. The summed E-state index contributed by atoms with van der Waals surface area (Å²) < 4.78 is 10.3. The molecule has 1 aromatic rings. The van der Waals surface area contributed by atoms with E-state index in [0.717, 1.165) is 0 Å². The quantitative estimate of drug-likeness (QED) is 0.789. The van der Waals surface area contributed by atoms with Crippen LogP contribution in [0.2, 0.25) is 0 Å². The van der Waals surface area contributed by atoms with Crippen LogP contribution in [0.3, 0.4) is 0 Å². The van der Waals surface area contributed by atoms with Crippen LogP contribution in [-0.2, 0) is 4.79 Å². The van der Waals surface area contributed by atoms with Gasteiger partial charge in [-0.05, 0) is 12.5 Å². The maximum absolute atomic E-state index is 10.4. The summed E-state index contributed by atoms with van der Waals surface area (Å²) in [6.45, 7) is 0. The average molecular weight is 240 g/mol. The number of carbonyl (C=O) groups is 1. The Kier molecular flexibility index (Phi) is 4.78. The molecular formula is C12H16O5. The van der Waals surface area contributed by atoms with E-state index in [9.17, 15) is 9.90 Å². The number of methoxy groups -OCH3 is 2. The van der Waals surface area contributed by atoms with Crippen molar-refractivity contribution in [1.29, 1.82) is 0 Å². The van der Waals surface area contributed by atoms with Gasteiger partial charge in [0, 0.05) is 12.0 Å². The van der Waals surface area contributed by atoms with Gasteiger partial charge in [0.1, 0.15) is 0 Å². The van der Waals surface area contributed by atoms with Gasteiger partial charge in [0.2, 0.25) is 0 Å². The molecule has 94 valence electrons. The molecule has 17 heavy (non-hydrogen) atoms. The van der Waals surface area contributed by atoms with Crippen LogP contribution in [0.15, 0.2) is 18.2 Å². The molecule has 1 aromatic carbocycles. The Labute approximate surface area is 99.6 Å².